The molecule has 0 saturated heterocycles. The molecule has 0 aliphatic heterocycles. The van der Waals surface area contributed by atoms with Crippen molar-refractivity contribution in [2.45, 2.75) is 6.92 Å². The molecule has 2 aromatic rings. The quantitative estimate of drug-likeness (QED) is 0.794. The summed E-state index contributed by atoms with van der Waals surface area (Å²) in [6.07, 6.45) is 1.40. The maximum atomic E-state index is 11.8. The summed E-state index contributed by atoms with van der Waals surface area (Å²) in [6.45, 7) is 2.02. The fourth-order valence-corrected chi connectivity index (χ4v) is 2.67. The highest BCUT2D eigenvalue weighted by atomic mass is 79.9. The number of fused-ring (bicyclic) bond motifs is 1. The van der Waals surface area contributed by atoms with Crippen LogP contribution in [0.15, 0.2) is 22.8 Å². The van der Waals surface area contributed by atoms with Gasteiger partial charge in [-0.3, -0.25) is 4.98 Å². The molecule has 0 N–H and O–H groups in total. The molecule has 0 unspecified atom stereocenters. The van der Waals surface area contributed by atoms with Crippen molar-refractivity contribution in [1.29, 1.82) is 0 Å². The van der Waals surface area contributed by atoms with Crippen LogP contribution >= 0.6 is 27.5 Å². The fourth-order valence-electron chi connectivity index (χ4n) is 1.72. The lowest BCUT2D eigenvalue weighted by atomic mass is 10.1. The van der Waals surface area contributed by atoms with Gasteiger partial charge < -0.3 is 9.47 Å². The van der Waals surface area contributed by atoms with Gasteiger partial charge >= 0.3 is 5.97 Å². The summed E-state index contributed by atoms with van der Waals surface area (Å²) in [6, 6.07) is 3.57. The Hall–Kier alpha value is -1.33. The number of ether oxygens (including phenoxy) is 2. The fraction of sp³-hybridized carbons (Fsp3) is 0.231. The van der Waals surface area contributed by atoms with Crippen molar-refractivity contribution >= 4 is 44.4 Å². The van der Waals surface area contributed by atoms with E-state index < -0.39 is 5.97 Å². The van der Waals surface area contributed by atoms with E-state index in [0.29, 0.717) is 21.7 Å². The van der Waals surface area contributed by atoms with Gasteiger partial charge in [0.05, 0.1) is 24.3 Å². The minimum absolute atomic E-state index is 0.241. The second kappa shape index (κ2) is 5.75. The van der Waals surface area contributed by atoms with Crippen molar-refractivity contribution in [1.82, 2.24) is 4.98 Å². The highest BCUT2D eigenvalue weighted by Gasteiger charge is 2.18. The Morgan fingerprint density at radius 2 is 2.21 bits per heavy atom. The summed E-state index contributed by atoms with van der Waals surface area (Å²) in [4.78, 5) is 16.0. The van der Waals surface area contributed by atoms with E-state index in [1.165, 1.54) is 6.20 Å². The molecule has 0 aliphatic carbocycles. The van der Waals surface area contributed by atoms with Gasteiger partial charge in [0, 0.05) is 16.1 Å². The maximum Gasteiger partial charge on any atom is 0.341 e. The van der Waals surface area contributed by atoms with Crippen molar-refractivity contribution in [3.8, 4) is 5.75 Å². The zero-order chi connectivity index (χ0) is 14.0. The summed E-state index contributed by atoms with van der Waals surface area (Å²) in [5.74, 6) is 0.104. The van der Waals surface area contributed by atoms with Gasteiger partial charge in [-0.05, 0) is 19.1 Å². The second-order valence-electron chi connectivity index (χ2n) is 3.68. The van der Waals surface area contributed by atoms with E-state index in [2.05, 4.69) is 20.9 Å². The lowest BCUT2D eigenvalue weighted by Crippen LogP contribution is -2.06. The Balaban J connectivity index is 2.71. The van der Waals surface area contributed by atoms with Crippen LogP contribution in [0.2, 0.25) is 5.02 Å². The number of halogens is 2. The monoisotopic (exact) mass is 343 g/mol. The molecular weight excluding hydrogens is 334 g/mol. The van der Waals surface area contributed by atoms with Crippen molar-refractivity contribution < 1.29 is 14.3 Å². The topological polar surface area (TPSA) is 48.4 Å². The third-order valence-electron chi connectivity index (χ3n) is 2.58. The molecule has 0 amide bonds. The minimum Gasteiger partial charge on any atom is -0.494 e. The first-order valence-corrected chi connectivity index (χ1v) is 6.75. The number of aromatic nitrogens is 1. The van der Waals surface area contributed by atoms with E-state index in [1.807, 2.05) is 0 Å². The number of hydrogen-bond acceptors (Lipinski definition) is 4. The first kappa shape index (κ1) is 14.1. The number of rotatable bonds is 3. The third kappa shape index (κ3) is 2.53. The van der Waals surface area contributed by atoms with E-state index in [9.17, 15) is 4.79 Å². The Labute approximate surface area is 123 Å². The first-order chi connectivity index (χ1) is 9.10. The molecule has 0 atom stereocenters. The van der Waals surface area contributed by atoms with Crippen molar-refractivity contribution in [2.24, 2.45) is 0 Å². The SMILES string of the molecule is CCOC(=O)c1cnc2c(OC)ccc(Br)c2c1Cl. The third-order valence-corrected chi connectivity index (χ3v) is 3.64. The van der Waals surface area contributed by atoms with E-state index >= 15 is 0 Å². The number of pyridine rings is 1. The molecule has 0 aliphatic rings. The lowest BCUT2D eigenvalue weighted by Gasteiger charge is -2.10. The molecule has 0 saturated carbocycles. The average Bonchev–Trinajstić information content (AvgIpc) is 2.39. The molecule has 4 nitrogen and oxygen atoms in total. The van der Waals surface area contributed by atoms with Crippen LogP contribution in [0.5, 0.6) is 5.75 Å². The van der Waals surface area contributed by atoms with E-state index in [0.717, 1.165) is 4.47 Å². The first-order valence-electron chi connectivity index (χ1n) is 5.58. The smallest absolute Gasteiger partial charge is 0.341 e. The predicted octanol–water partition coefficient (Wildman–Crippen LogP) is 3.84. The summed E-state index contributed by atoms with van der Waals surface area (Å²) in [7, 11) is 1.55. The number of carbonyl (C=O) groups is 1. The van der Waals surface area contributed by atoms with Gasteiger partial charge in [-0.25, -0.2) is 4.79 Å². The summed E-state index contributed by atoms with van der Waals surface area (Å²) in [5, 5.41) is 0.931. The van der Waals surface area contributed by atoms with Crippen LogP contribution in [0, 0.1) is 0 Å². The van der Waals surface area contributed by atoms with Gasteiger partial charge in [0.1, 0.15) is 11.3 Å². The second-order valence-corrected chi connectivity index (χ2v) is 4.91. The standard InChI is InChI=1S/C13H11BrClNO3/c1-3-19-13(17)7-6-16-12-9(18-2)5-4-8(14)10(12)11(7)15/h4-6H,3H2,1-2H3. The molecule has 0 spiro atoms. The highest BCUT2D eigenvalue weighted by Crippen LogP contribution is 2.36. The van der Waals surface area contributed by atoms with Gasteiger partial charge in [-0.15, -0.1) is 0 Å². The highest BCUT2D eigenvalue weighted by molar-refractivity contribution is 9.10. The number of benzene rings is 1. The van der Waals surface area contributed by atoms with Gasteiger partial charge in [-0.1, -0.05) is 27.5 Å². The molecule has 0 bridgehead atoms. The Kier molecular flexibility index (Phi) is 4.27. The molecule has 19 heavy (non-hydrogen) atoms. The minimum atomic E-state index is -0.489. The van der Waals surface area contributed by atoms with Crippen LogP contribution in [-0.2, 0) is 4.74 Å². The maximum absolute atomic E-state index is 11.8. The summed E-state index contributed by atoms with van der Waals surface area (Å²) >= 11 is 9.68. The Morgan fingerprint density at radius 3 is 2.84 bits per heavy atom. The summed E-state index contributed by atoms with van der Waals surface area (Å²) in [5.41, 5.74) is 0.833. The van der Waals surface area contributed by atoms with Crippen LogP contribution in [0.4, 0.5) is 0 Å². The lowest BCUT2D eigenvalue weighted by molar-refractivity contribution is 0.0526. The zero-order valence-electron chi connectivity index (χ0n) is 10.4. The predicted molar refractivity (Wildman–Crippen MR) is 77.0 cm³/mol. The van der Waals surface area contributed by atoms with Gasteiger partial charge in [0.2, 0.25) is 0 Å². The Bertz CT molecular complexity index is 645. The van der Waals surface area contributed by atoms with Crippen molar-refractivity contribution in [3.63, 3.8) is 0 Å². The molecule has 1 heterocycles. The molecule has 1 aromatic carbocycles. The Morgan fingerprint density at radius 1 is 1.47 bits per heavy atom. The molecular formula is C13H11BrClNO3. The molecule has 100 valence electrons. The van der Waals surface area contributed by atoms with Gasteiger partial charge in [0.15, 0.2) is 0 Å². The zero-order valence-corrected chi connectivity index (χ0v) is 12.7. The van der Waals surface area contributed by atoms with E-state index in [1.54, 1.807) is 26.2 Å². The van der Waals surface area contributed by atoms with Crippen LogP contribution in [-0.4, -0.2) is 24.7 Å². The number of esters is 1. The van der Waals surface area contributed by atoms with Crippen LogP contribution in [0.25, 0.3) is 10.9 Å². The number of nitrogens with zero attached hydrogens (tertiary/aromatic N) is 1. The molecule has 1 aromatic heterocycles. The number of hydrogen-bond donors (Lipinski definition) is 0. The van der Waals surface area contributed by atoms with E-state index in [-0.39, 0.29) is 12.2 Å². The number of methoxy groups -OCH3 is 1. The molecule has 6 heteroatoms. The van der Waals surface area contributed by atoms with Gasteiger partial charge in [0.25, 0.3) is 0 Å². The van der Waals surface area contributed by atoms with Crippen LogP contribution in [0.1, 0.15) is 17.3 Å². The largest absolute Gasteiger partial charge is 0.494 e. The average molecular weight is 345 g/mol. The van der Waals surface area contributed by atoms with Crippen molar-refractivity contribution in [2.75, 3.05) is 13.7 Å². The van der Waals surface area contributed by atoms with Crippen LogP contribution in [0.3, 0.4) is 0 Å². The van der Waals surface area contributed by atoms with Crippen LogP contribution < -0.4 is 4.74 Å². The van der Waals surface area contributed by atoms with Gasteiger partial charge in [-0.2, -0.15) is 0 Å². The van der Waals surface area contributed by atoms with E-state index in [4.69, 9.17) is 21.1 Å². The summed E-state index contributed by atoms with van der Waals surface area (Å²) < 4.78 is 10.9. The molecule has 0 radical (unpaired) electrons. The number of carbonyl (C=O) groups excluding carboxylic acids is 1. The van der Waals surface area contributed by atoms with Crippen molar-refractivity contribution in [3.05, 3.63) is 33.4 Å². The molecule has 2 rings (SSSR count). The molecule has 0 fully saturated rings. The normalized spacial score (nSPS) is 10.5.